The van der Waals surface area contributed by atoms with Gasteiger partial charge in [-0.2, -0.15) is 9.78 Å². The lowest BCUT2D eigenvalue weighted by molar-refractivity contribution is 0.0157. The van der Waals surface area contributed by atoms with E-state index >= 15 is 0 Å². The first-order valence-corrected chi connectivity index (χ1v) is 7.56. The van der Waals surface area contributed by atoms with Crippen molar-refractivity contribution < 1.29 is 8.78 Å². The summed E-state index contributed by atoms with van der Waals surface area (Å²) in [6.07, 6.45) is 1.83. The minimum atomic E-state index is -3.14. The molecule has 0 radical (unpaired) electrons. The number of hydrogen-bond acceptors (Lipinski definition) is 3. The molecule has 0 saturated heterocycles. The van der Waals surface area contributed by atoms with Crippen LogP contribution >= 0.6 is 0 Å². The molecule has 0 aliphatic carbocycles. The Hall–Kier alpha value is -2.62. The van der Waals surface area contributed by atoms with Crippen LogP contribution in [0.5, 0.6) is 0 Å². The summed E-state index contributed by atoms with van der Waals surface area (Å²) in [5.41, 5.74) is 0.531. The van der Waals surface area contributed by atoms with Crippen LogP contribution in [0.25, 0.3) is 10.7 Å². The minimum Gasteiger partial charge on any atom is -0.267 e. The zero-order chi connectivity index (χ0) is 18.1. The Morgan fingerprint density at radius 2 is 2.04 bits per heavy atom. The zero-order valence-corrected chi connectivity index (χ0v) is 14.0. The molecule has 0 amide bonds. The van der Waals surface area contributed by atoms with Crippen LogP contribution in [0.3, 0.4) is 0 Å². The highest BCUT2D eigenvalue weighted by Crippen LogP contribution is 2.29. The number of nitrogens with zero attached hydrogens (tertiary/aromatic N) is 4. The Balaban J connectivity index is 2.74. The van der Waals surface area contributed by atoms with E-state index in [0.717, 1.165) is 17.8 Å². The van der Waals surface area contributed by atoms with Gasteiger partial charge in [0.05, 0.1) is 12.8 Å². The second-order valence-electron chi connectivity index (χ2n) is 5.74. The number of pyridine rings is 1. The maximum Gasteiger partial charge on any atom is 0.276 e. The number of halogens is 2. The van der Waals surface area contributed by atoms with Crippen LogP contribution in [0.4, 0.5) is 14.5 Å². The first-order valence-electron chi connectivity index (χ1n) is 7.56. The van der Waals surface area contributed by atoms with Crippen LogP contribution in [0.2, 0.25) is 0 Å². The normalized spacial score (nSPS) is 11.4. The van der Waals surface area contributed by atoms with Gasteiger partial charge in [0.15, 0.2) is 5.82 Å². The third-order valence-corrected chi connectivity index (χ3v) is 3.72. The van der Waals surface area contributed by atoms with E-state index in [4.69, 9.17) is 6.57 Å². The van der Waals surface area contributed by atoms with Crippen molar-refractivity contribution in [2.24, 2.45) is 0 Å². The molecule has 0 aliphatic rings. The van der Waals surface area contributed by atoms with E-state index in [-0.39, 0.29) is 23.4 Å². The Bertz CT molecular complexity index is 876. The van der Waals surface area contributed by atoms with Gasteiger partial charge in [-0.25, -0.2) is 18.6 Å². The molecule has 0 spiro atoms. The fourth-order valence-electron chi connectivity index (χ4n) is 2.52. The van der Waals surface area contributed by atoms with E-state index in [2.05, 4.69) is 14.9 Å². The molecular weight excluding hydrogens is 314 g/mol. The molecule has 0 bridgehead atoms. The predicted octanol–water partition coefficient (Wildman–Crippen LogP) is 3.86. The van der Waals surface area contributed by atoms with Crippen LogP contribution in [-0.2, 0) is 12.3 Å². The molecule has 0 N–H and O–H groups in total. The maximum absolute atomic E-state index is 13.8. The third-order valence-electron chi connectivity index (χ3n) is 3.72. The Morgan fingerprint density at radius 1 is 1.38 bits per heavy atom. The van der Waals surface area contributed by atoms with Gasteiger partial charge in [0.2, 0.25) is 5.69 Å². The van der Waals surface area contributed by atoms with E-state index in [1.165, 1.54) is 0 Å². The first-order chi connectivity index (χ1) is 11.2. The summed E-state index contributed by atoms with van der Waals surface area (Å²) in [4.78, 5) is 20.3. The Kier molecular flexibility index (Phi) is 4.78. The van der Waals surface area contributed by atoms with Crippen LogP contribution < -0.4 is 5.56 Å². The van der Waals surface area contributed by atoms with E-state index in [9.17, 15) is 13.6 Å². The molecule has 2 aromatic rings. The Morgan fingerprint density at radius 3 is 2.58 bits per heavy atom. The monoisotopic (exact) mass is 332 g/mol. The molecule has 7 heteroatoms. The van der Waals surface area contributed by atoms with Gasteiger partial charge < -0.3 is 0 Å². The predicted molar refractivity (Wildman–Crippen MR) is 86.9 cm³/mol. The van der Waals surface area contributed by atoms with Crippen LogP contribution in [0.15, 0.2) is 17.1 Å². The number of hydrogen-bond donors (Lipinski definition) is 0. The van der Waals surface area contributed by atoms with E-state index in [1.54, 1.807) is 19.9 Å². The smallest absolute Gasteiger partial charge is 0.267 e. The molecule has 2 aromatic heterocycles. The quantitative estimate of drug-likeness (QED) is 0.799. The highest BCUT2D eigenvalue weighted by molar-refractivity contribution is 5.54. The van der Waals surface area contributed by atoms with Crippen molar-refractivity contribution in [3.05, 3.63) is 56.4 Å². The second kappa shape index (κ2) is 6.48. The lowest BCUT2D eigenvalue weighted by Gasteiger charge is -2.17. The number of aromatic nitrogens is 3. The molecule has 126 valence electrons. The van der Waals surface area contributed by atoms with Gasteiger partial charge in [-0.1, -0.05) is 13.3 Å². The highest BCUT2D eigenvalue weighted by Gasteiger charge is 2.30. The van der Waals surface area contributed by atoms with Gasteiger partial charge in [0, 0.05) is 23.7 Å². The first kappa shape index (κ1) is 17.7. The number of alkyl halides is 2. The molecule has 5 nitrogen and oxygen atoms in total. The highest BCUT2D eigenvalue weighted by atomic mass is 19.3. The van der Waals surface area contributed by atoms with Gasteiger partial charge in [-0.15, -0.1) is 0 Å². The van der Waals surface area contributed by atoms with Crippen molar-refractivity contribution in [3.8, 4) is 5.82 Å². The minimum absolute atomic E-state index is 0.0492. The molecule has 0 fully saturated rings. The molecule has 0 saturated carbocycles. The molecular formula is C17H18F2N4O. The van der Waals surface area contributed by atoms with Crippen LogP contribution in [-0.4, -0.2) is 14.8 Å². The number of rotatable bonds is 4. The molecule has 0 atom stereocenters. The Labute approximate surface area is 138 Å². The van der Waals surface area contributed by atoms with Crippen molar-refractivity contribution in [1.82, 2.24) is 14.8 Å². The summed E-state index contributed by atoms with van der Waals surface area (Å²) >= 11 is 0. The SMILES string of the molecule is [C-]#[N+]c1cc(C)c(-n2ncc(C(C)(F)F)c(CCC)c2=O)nc1C. The maximum atomic E-state index is 13.8. The summed E-state index contributed by atoms with van der Waals surface area (Å²) in [5, 5.41) is 3.90. The van der Waals surface area contributed by atoms with Gasteiger partial charge in [0.1, 0.15) is 0 Å². The summed E-state index contributed by atoms with van der Waals surface area (Å²) in [6.45, 7) is 13.0. The fraction of sp³-hybridized carbons (Fsp3) is 0.412. The van der Waals surface area contributed by atoms with Crippen molar-refractivity contribution in [3.63, 3.8) is 0 Å². The molecule has 0 unspecified atom stereocenters. The summed E-state index contributed by atoms with van der Waals surface area (Å²) in [5.74, 6) is -2.88. The molecule has 2 heterocycles. The van der Waals surface area contributed by atoms with Crippen molar-refractivity contribution in [1.29, 1.82) is 0 Å². The van der Waals surface area contributed by atoms with Gasteiger partial charge >= 0.3 is 0 Å². The zero-order valence-electron chi connectivity index (χ0n) is 14.0. The van der Waals surface area contributed by atoms with Gasteiger partial charge in [-0.05, 0) is 31.9 Å². The van der Waals surface area contributed by atoms with Crippen LogP contribution in [0, 0.1) is 20.4 Å². The topological polar surface area (TPSA) is 52.1 Å². The molecule has 24 heavy (non-hydrogen) atoms. The average Bonchev–Trinajstić information content (AvgIpc) is 2.50. The van der Waals surface area contributed by atoms with Gasteiger partial charge in [0.25, 0.3) is 11.5 Å². The fourth-order valence-corrected chi connectivity index (χ4v) is 2.52. The van der Waals surface area contributed by atoms with Crippen molar-refractivity contribution in [2.75, 3.05) is 0 Å². The van der Waals surface area contributed by atoms with E-state index in [1.807, 2.05) is 6.92 Å². The van der Waals surface area contributed by atoms with Crippen LogP contribution in [0.1, 0.15) is 42.7 Å². The second-order valence-corrected chi connectivity index (χ2v) is 5.74. The van der Waals surface area contributed by atoms with Crippen molar-refractivity contribution in [2.45, 2.75) is 46.5 Å². The lowest BCUT2D eigenvalue weighted by atomic mass is 10.0. The molecule has 0 aromatic carbocycles. The summed E-state index contributed by atoms with van der Waals surface area (Å²) in [7, 11) is 0. The molecule has 0 aliphatic heterocycles. The van der Waals surface area contributed by atoms with E-state index < -0.39 is 11.5 Å². The molecule has 2 rings (SSSR count). The summed E-state index contributed by atoms with van der Waals surface area (Å²) < 4.78 is 28.6. The lowest BCUT2D eigenvalue weighted by Crippen LogP contribution is -2.30. The average molecular weight is 332 g/mol. The summed E-state index contributed by atoms with van der Waals surface area (Å²) in [6, 6.07) is 1.61. The van der Waals surface area contributed by atoms with Gasteiger partial charge in [-0.3, -0.25) is 4.79 Å². The van der Waals surface area contributed by atoms with E-state index in [0.29, 0.717) is 23.4 Å². The standard InChI is InChI=1S/C17H18F2N4O/c1-6-7-12-13(17(4,18)19)9-21-23(16(12)24)15-10(2)8-14(20-5)11(3)22-15/h8-9H,6-7H2,1-4H3. The third kappa shape index (κ3) is 3.18. The van der Waals surface area contributed by atoms with Crippen molar-refractivity contribution >= 4 is 5.69 Å². The number of aryl methyl sites for hydroxylation is 2. The largest absolute Gasteiger partial charge is 0.276 e.